The number of alkyl halides is 1. The molecule has 3 atom stereocenters. The summed E-state index contributed by atoms with van der Waals surface area (Å²) in [5, 5.41) is 0. The van der Waals surface area contributed by atoms with E-state index in [1.165, 1.54) is 18.5 Å². The van der Waals surface area contributed by atoms with Crippen LogP contribution in [-0.4, -0.2) is 9.81 Å². The van der Waals surface area contributed by atoms with Crippen molar-refractivity contribution in [2.45, 2.75) is 44.4 Å². The van der Waals surface area contributed by atoms with E-state index in [1.807, 2.05) is 12.3 Å². The third-order valence-electron chi connectivity index (χ3n) is 2.92. The van der Waals surface area contributed by atoms with Crippen molar-refractivity contribution < 1.29 is 0 Å². The molecule has 0 N–H and O–H groups in total. The Balaban J connectivity index is 2.64. The van der Waals surface area contributed by atoms with Gasteiger partial charge >= 0.3 is 0 Å². The third kappa shape index (κ3) is 3.60. The first-order valence-electron chi connectivity index (χ1n) is 5.71. The Morgan fingerprint density at radius 3 is 2.60 bits per heavy atom. The molecule has 0 fully saturated rings. The van der Waals surface area contributed by atoms with Crippen molar-refractivity contribution >= 4 is 15.9 Å². The maximum Gasteiger partial charge on any atom is 0.0442 e. The fraction of sp³-hybridized carbons (Fsp3) is 0.615. The van der Waals surface area contributed by atoms with Crippen LogP contribution in [0.3, 0.4) is 0 Å². The predicted octanol–water partition coefficient (Wildman–Crippen LogP) is 4.38. The monoisotopic (exact) mass is 269 g/mol. The highest BCUT2D eigenvalue weighted by atomic mass is 79.9. The van der Waals surface area contributed by atoms with Gasteiger partial charge in [-0.15, -0.1) is 0 Å². The molecule has 0 saturated carbocycles. The lowest BCUT2D eigenvalue weighted by Crippen LogP contribution is -2.18. The van der Waals surface area contributed by atoms with Crippen molar-refractivity contribution in [1.82, 2.24) is 4.98 Å². The summed E-state index contributed by atoms with van der Waals surface area (Å²) >= 11 is 3.81. The van der Waals surface area contributed by atoms with Crippen LogP contribution in [0.25, 0.3) is 0 Å². The number of aromatic nitrogens is 1. The van der Waals surface area contributed by atoms with Gasteiger partial charge in [0, 0.05) is 22.6 Å². The molecule has 0 saturated heterocycles. The molecule has 1 heterocycles. The highest BCUT2D eigenvalue weighted by Crippen LogP contribution is 2.30. The molecule has 0 aliphatic rings. The van der Waals surface area contributed by atoms with E-state index in [1.54, 1.807) is 0 Å². The molecule has 1 nitrogen and oxygen atoms in total. The molecule has 0 aliphatic carbocycles. The van der Waals surface area contributed by atoms with Crippen molar-refractivity contribution in [3.63, 3.8) is 0 Å². The molecule has 0 spiro atoms. The molecular weight excluding hydrogens is 250 g/mol. The van der Waals surface area contributed by atoms with Gasteiger partial charge in [-0.25, -0.2) is 0 Å². The number of halogens is 1. The predicted molar refractivity (Wildman–Crippen MR) is 69.4 cm³/mol. The van der Waals surface area contributed by atoms with Gasteiger partial charge in [-0.2, -0.15) is 0 Å². The molecule has 2 heteroatoms. The van der Waals surface area contributed by atoms with Crippen molar-refractivity contribution in [2.75, 3.05) is 0 Å². The number of hydrogen-bond acceptors (Lipinski definition) is 1. The highest BCUT2D eigenvalue weighted by molar-refractivity contribution is 9.09. The van der Waals surface area contributed by atoms with Crippen LogP contribution < -0.4 is 0 Å². The first kappa shape index (κ1) is 12.7. The molecule has 1 aromatic rings. The lowest BCUT2D eigenvalue weighted by atomic mass is 9.91. The average Bonchev–Trinajstić information content (AvgIpc) is 2.28. The molecule has 3 unspecified atom stereocenters. The van der Waals surface area contributed by atoms with Crippen molar-refractivity contribution in [2.24, 2.45) is 5.92 Å². The fourth-order valence-electron chi connectivity index (χ4n) is 1.92. The van der Waals surface area contributed by atoms with E-state index < -0.39 is 0 Å². The summed E-state index contributed by atoms with van der Waals surface area (Å²) < 4.78 is 0. The molecule has 0 aliphatic heterocycles. The Morgan fingerprint density at radius 2 is 2.07 bits per heavy atom. The molecule has 0 bridgehead atoms. The molecule has 1 aromatic heterocycles. The minimum atomic E-state index is 0.479. The largest absolute Gasteiger partial charge is 0.261 e. The molecule has 0 aromatic carbocycles. The number of pyridine rings is 1. The van der Waals surface area contributed by atoms with Gasteiger partial charge in [0.25, 0.3) is 0 Å². The van der Waals surface area contributed by atoms with E-state index in [2.05, 4.69) is 53.8 Å². The van der Waals surface area contributed by atoms with E-state index in [4.69, 9.17) is 0 Å². The lowest BCUT2D eigenvalue weighted by molar-refractivity contribution is 0.465. The first-order chi connectivity index (χ1) is 7.16. The van der Waals surface area contributed by atoms with Crippen LogP contribution in [0.1, 0.15) is 45.2 Å². The van der Waals surface area contributed by atoms with E-state index >= 15 is 0 Å². The Morgan fingerprint density at radius 1 is 1.33 bits per heavy atom. The maximum absolute atomic E-state index is 4.41. The van der Waals surface area contributed by atoms with Gasteiger partial charge in [0.2, 0.25) is 0 Å². The molecule has 0 radical (unpaired) electrons. The van der Waals surface area contributed by atoms with Crippen molar-refractivity contribution in [3.05, 3.63) is 30.1 Å². The van der Waals surface area contributed by atoms with Gasteiger partial charge in [0.15, 0.2) is 0 Å². The Kier molecular flexibility index (Phi) is 5.30. The zero-order chi connectivity index (χ0) is 11.3. The SMILES string of the molecule is CCCC(C)C(Br)C(C)c1ccccn1. The number of nitrogens with zero attached hydrogens (tertiary/aromatic N) is 1. The fourth-order valence-corrected chi connectivity index (χ4v) is 2.45. The summed E-state index contributed by atoms with van der Waals surface area (Å²) in [6.07, 6.45) is 4.39. The van der Waals surface area contributed by atoms with Crippen molar-refractivity contribution in [3.8, 4) is 0 Å². The average molecular weight is 270 g/mol. The molecule has 15 heavy (non-hydrogen) atoms. The normalized spacial score (nSPS) is 17.1. The molecule has 84 valence electrons. The standard InChI is InChI=1S/C13H20BrN/c1-4-7-10(2)13(14)11(3)12-8-5-6-9-15-12/h5-6,8-11,13H,4,7H2,1-3H3. The summed E-state index contributed by atoms with van der Waals surface area (Å²) in [4.78, 5) is 4.93. The second kappa shape index (κ2) is 6.26. The van der Waals surface area contributed by atoms with Gasteiger partial charge in [0.05, 0.1) is 0 Å². The molecular formula is C13H20BrN. The molecule has 0 amide bonds. The van der Waals surface area contributed by atoms with Gasteiger partial charge in [-0.3, -0.25) is 4.98 Å². The van der Waals surface area contributed by atoms with Crippen LogP contribution in [0.2, 0.25) is 0 Å². The number of rotatable bonds is 5. The smallest absolute Gasteiger partial charge is 0.0442 e. The van der Waals surface area contributed by atoms with E-state index in [0.29, 0.717) is 16.7 Å². The quantitative estimate of drug-likeness (QED) is 0.723. The zero-order valence-corrected chi connectivity index (χ0v) is 11.4. The minimum absolute atomic E-state index is 0.479. The Hall–Kier alpha value is -0.370. The third-order valence-corrected chi connectivity index (χ3v) is 4.62. The Labute approximate surface area is 101 Å². The maximum atomic E-state index is 4.41. The van der Waals surface area contributed by atoms with E-state index in [-0.39, 0.29) is 0 Å². The topological polar surface area (TPSA) is 12.9 Å². The van der Waals surface area contributed by atoms with Gasteiger partial charge in [-0.05, 0) is 24.5 Å². The van der Waals surface area contributed by atoms with Crippen molar-refractivity contribution in [1.29, 1.82) is 0 Å². The van der Waals surface area contributed by atoms with Crippen LogP contribution in [0.5, 0.6) is 0 Å². The van der Waals surface area contributed by atoms with E-state index in [0.717, 1.165) is 0 Å². The van der Waals surface area contributed by atoms with Crippen LogP contribution >= 0.6 is 15.9 Å². The van der Waals surface area contributed by atoms with Gasteiger partial charge < -0.3 is 0 Å². The lowest BCUT2D eigenvalue weighted by Gasteiger charge is -2.23. The Bertz CT molecular complexity index is 273. The summed E-state index contributed by atoms with van der Waals surface area (Å²) in [5.41, 5.74) is 1.18. The van der Waals surface area contributed by atoms with Crippen LogP contribution in [-0.2, 0) is 0 Å². The highest BCUT2D eigenvalue weighted by Gasteiger charge is 2.22. The van der Waals surface area contributed by atoms with Gasteiger partial charge in [0.1, 0.15) is 0 Å². The zero-order valence-electron chi connectivity index (χ0n) is 9.78. The molecule has 1 rings (SSSR count). The summed E-state index contributed by atoms with van der Waals surface area (Å²) in [6, 6.07) is 6.13. The minimum Gasteiger partial charge on any atom is -0.261 e. The van der Waals surface area contributed by atoms with Crippen LogP contribution in [0.15, 0.2) is 24.4 Å². The van der Waals surface area contributed by atoms with Crippen LogP contribution in [0.4, 0.5) is 0 Å². The van der Waals surface area contributed by atoms with Gasteiger partial charge in [-0.1, -0.05) is 49.2 Å². The first-order valence-corrected chi connectivity index (χ1v) is 6.63. The number of hydrogen-bond donors (Lipinski definition) is 0. The van der Waals surface area contributed by atoms with E-state index in [9.17, 15) is 0 Å². The summed E-state index contributed by atoms with van der Waals surface area (Å²) in [6.45, 7) is 6.79. The second-order valence-electron chi connectivity index (χ2n) is 4.25. The summed E-state index contributed by atoms with van der Waals surface area (Å²) in [5.74, 6) is 1.18. The second-order valence-corrected chi connectivity index (χ2v) is 5.31. The van der Waals surface area contributed by atoms with Crippen LogP contribution in [0, 0.1) is 5.92 Å². The summed E-state index contributed by atoms with van der Waals surface area (Å²) in [7, 11) is 0.